The SMILES string of the molecule is CCCCn1c(-c2ccc(Cl)cc2)nn(CCC(=O)N2CCN(Cc3cccnc3)CC2)c1=S. The van der Waals surface area contributed by atoms with E-state index in [1.807, 2.05) is 41.4 Å². The largest absolute Gasteiger partial charge is 0.340 e. The monoisotopic (exact) mass is 498 g/mol. The summed E-state index contributed by atoms with van der Waals surface area (Å²) in [5.41, 5.74) is 2.17. The highest BCUT2D eigenvalue weighted by Crippen LogP contribution is 2.22. The first-order chi connectivity index (χ1) is 16.5. The minimum Gasteiger partial charge on any atom is -0.340 e. The maximum Gasteiger partial charge on any atom is 0.224 e. The Hall–Kier alpha value is -2.55. The van der Waals surface area contributed by atoms with Gasteiger partial charge in [0.25, 0.3) is 0 Å². The molecule has 0 N–H and O–H groups in total. The molecule has 7 nitrogen and oxygen atoms in total. The van der Waals surface area contributed by atoms with Crippen LogP contribution in [0.5, 0.6) is 0 Å². The third-order valence-corrected chi connectivity index (χ3v) is 6.84. The molecule has 0 aliphatic carbocycles. The Morgan fingerprint density at radius 2 is 1.85 bits per heavy atom. The molecule has 3 heterocycles. The first kappa shape index (κ1) is 24.6. The molecule has 1 fully saturated rings. The fourth-order valence-corrected chi connectivity index (χ4v) is 4.62. The van der Waals surface area contributed by atoms with Gasteiger partial charge in [-0.05, 0) is 54.5 Å². The minimum absolute atomic E-state index is 0.152. The first-order valence-corrected chi connectivity index (χ1v) is 12.7. The van der Waals surface area contributed by atoms with Gasteiger partial charge in [0.2, 0.25) is 5.91 Å². The summed E-state index contributed by atoms with van der Waals surface area (Å²) >= 11 is 11.8. The molecule has 3 aromatic rings. The Kier molecular flexibility index (Phi) is 8.48. The van der Waals surface area contributed by atoms with Crippen molar-refractivity contribution in [1.29, 1.82) is 0 Å². The van der Waals surface area contributed by atoms with Crippen LogP contribution in [0.4, 0.5) is 0 Å². The third-order valence-electron chi connectivity index (χ3n) is 6.15. The van der Waals surface area contributed by atoms with Crippen LogP contribution in [0.3, 0.4) is 0 Å². The molecule has 0 unspecified atom stereocenters. The summed E-state index contributed by atoms with van der Waals surface area (Å²) in [5.74, 6) is 0.977. The number of piperazine rings is 1. The molecule has 9 heteroatoms. The number of hydrogen-bond donors (Lipinski definition) is 0. The van der Waals surface area contributed by atoms with E-state index in [9.17, 15) is 4.79 Å². The van der Waals surface area contributed by atoms with E-state index in [1.54, 1.807) is 10.9 Å². The van der Waals surface area contributed by atoms with Crippen molar-refractivity contribution in [3.63, 3.8) is 0 Å². The van der Waals surface area contributed by atoms with Crippen LogP contribution in [0.25, 0.3) is 11.4 Å². The molecule has 34 heavy (non-hydrogen) atoms. The Labute approximate surface area is 211 Å². The zero-order valence-electron chi connectivity index (χ0n) is 19.6. The molecule has 0 radical (unpaired) electrons. The maximum absolute atomic E-state index is 12.9. The summed E-state index contributed by atoms with van der Waals surface area (Å²) < 4.78 is 4.53. The van der Waals surface area contributed by atoms with E-state index >= 15 is 0 Å². The van der Waals surface area contributed by atoms with Crippen molar-refractivity contribution in [2.24, 2.45) is 0 Å². The van der Waals surface area contributed by atoms with Crippen LogP contribution in [0, 0.1) is 4.77 Å². The van der Waals surface area contributed by atoms with E-state index in [0.717, 1.165) is 63.5 Å². The van der Waals surface area contributed by atoms with Gasteiger partial charge in [-0.15, -0.1) is 0 Å². The number of carbonyl (C=O) groups excluding carboxylic acids is 1. The van der Waals surface area contributed by atoms with Gasteiger partial charge in [0.05, 0.1) is 6.54 Å². The summed E-state index contributed by atoms with van der Waals surface area (Å²) in [6.07, 6.45) is 6.17. The number of nitrogens with zero attached hydrogens (tertiary/aromatic N) is 6. The minimum atomic E-state index is 0.152. The van der Waals surface area contributed by atoms with Crippen LogP contribution in [-0.4, -0.2) is 61.2 Å². The zero-order chi connectivity index (χ0) is 23.9. The lowest BCUT2D eigenvalue weighted by Crippen LogP contribution is -2.48. The van der Waals surface area contributed by atoms with E-state index in [-0.39, 0.29) is 5.91 Å². The first-order valence-electron chi connectivity index (χ1n) is 11.9. The third kappa shape index (κ3) is 6.11. The molecular weight excluding hydrogens is 468 g/mol. The summed E-state index contributed by atoms with van der Waals surface area (Å²) in [6.45, 7) is 7.53. The van der Waals surface area contributed by atoms with E-state index in [0.29, 0.717) is 22.8 Å². The van der Waals surface area contributed by atoms with E-state index in [4.69, 9.17) is 28.9 Å². The lowest BCUT2D eigenvalue weighted by atomic mass is 10.2. The molecule has 1 amide bonds. The number of unbranched alkanes of at least 4 members (excludes halogenated alkanes) is 1. The fourth-order valence-electron chi connectivity index (χ4n) is 4.18. The van der Waals surface area contributed by atoms with Gasteiger partial charge < -0.3 is 4.90 Å². The van der Waals surface area contributed by atoms with Gasteiger partial charge in [0.1, 0.15) is 0 Å². The number of aryl methyl sites for hydroxylation is 1. The second kappa shape index (κ2) is 11.7. The predicted octanol–water partition coefficient (Wildman–Crippen LogP) is 4.66. The van der Waals surface area contributed by atoms with Crippen molar-refractivity contribution in [1.82, 2.24) is 29.1 Å². The quantitative estimate of drug-likeness (QED) is 0.401. The van der Waals surface area contributed by atoms with E-state index in [2.05, 4.69) is 27.4 Å². The van der Waals surface area contributed by atoms with Crippen molar-refractivity contribution in [2.75, 3.05) is 26.2 Å². The summed E-state index contributed by atoms with van der Waals surface area (Å²) in [7, 11) is 0. The smallest absolute Gasteiger partial charge is 0.224 e. The second-order valence-electron chi connectivity index (χ2n) is 8.61. The van der Waals surface area contributed by atoms with Crippen molar-refractivity contribution in [3.05, 3.63) is 64.1 Å². The van der Waals surface area contributed by atoms with Gasteiger partial charge in [-0.25, -0.2) is 4.68 Å². The number of pyridine rings is 1. The normalized spacial score (nSPS) is 14.5. The molecule has 1 aromatic carbocycles. The van der Waals surface area contributed by atoms with E-state index < -0.39 is 0 Å². The highest BCUT2D eigenvalue weighted by Gasteiger charge is 2.22. The van der Waals surface area contributed by atoms with E-state index in [1.165, 1.54) is 5.56 Å². The van der Waals surface area contributed by atoms with Gasteiger partial charge in [-0.2, -0.15) is 5.10 Å². The van der Waals surface area contributed by atoms with Crippen molar-refractivity contribution in [3.8, 4) is 11.4 Å². The zero-order valence-corrected chi connectivity index (χ0v) is 21.1. The highest BCUT2D eigenvalue weighted by atomic mass is 35.5. The predicted molar refractivity (Wildman–Crippen MR) is 137 cm³/mol. The van der Waals surface area contributed by atoms with Gasteiger partial charge >= 0.3 is 0 Å². The number of halogens is 1. The second-order valence-corrected chi connectivity index (χ2v) is 9.41. The average molecular weight is 499 g/mol. The maximum atomic E-state index is 12.9. The van der Waals surface area contributed by atoms with Crippen LogP contribution in [0.15, 0.2) is 48.8 Å². The van der Waals surface area contributed by atoms with Crippen molar-refractivity contribution in [2.45, 2.75) is 45.8 Å². The lowest BCUT2D eigenvalue weighted by Gasteiger charge is -2.34. The molecule has 0 spiro atoms. The van der Waals surface area contributed by atoms with Gasteiger partial charge in [0, 0.05) is 68.7 Å². The van der Waals surface area contributed by atoms with Gasteiger partial charge in [-0.1, -0.05) is 31.0 Å². The van der Waals surface area contributed by atoms with Gasteiger partial charge in [0.15, 0.2) is 10.6 Å². The number of rotatable bonds is 9. The summed E-state index contributed by atoms with van der Waals surface area (Å²) in [6, 6.07) is 11.7. The highest BCUT2D eigenvalue weighted by molar-refractivity contribution is 7.71. The van der Waals surface area contributed by atoms with Crippen LogP contribution >= 0.6 is 23.8 Å². The Bertz CT molecular complexity index is 1140. The molecule has 0 saturated carbocycles. The average Bonchev–Trinajstić information content (AvgIpc) is 3.17. The summed E-state index contributed by atoms with van der Waals surface area (Å²) in [5, 5.41) is 5.47. The molecule has 4 rings (SSSR count). The topological polar surface area (TPSA) is 59.2 Å². The Balaban J connectivity index is 1.37. The molecule has 1 saturated heterocycles. The van der Waals surface area contributed by atoms with Gasteiger partial charge in [-0.3, -0.25) is 19.2 Å². The molecule has 2 aromatic heterocycles. The number of aromatic nitrogens is 4. The fraction of sp³-hybridized carbons (Fsp3) is 0.440. The van der Waals surface area contributed by atoms with Crippen LogP contribution in [0.2, 0.25) is 5.02 Å². The Morgan fingerprint density at radius 1 is 1.09 bits per heavy atom. The Morgan fingerprint density at radius 3 is 2.53 bits per heavy atom. The molecule has 1 aliphatic heterocycles. The molecule has 1 aliphatic rings. The molecule has 180 valence electrons. The van der Waals surface area contributed by atoms with Crippen molar-refractivity contribution >= 4 is 29.7 Å². The van der Waals surface area contributed by atoms with Crippen molar-refractivity contribution < 1.29 is 4.79 Å². The lowest BCUT2D eigenvalue weighted by molar-refractivity contribution is -0.133. The number of amides is 1. The molecule has 0 bridgehead atoms. The van der Waals surface area contributed by atoms with Crippen LogP contribution < -0.4 is 0 Å². The van der Waals surface area contributed by atoms with Crippen LogP contribution in [0.1, 0.15) is 31.7 Å². The summed E-state index contributed by atoms with van der Waals surface area (Å²) in [4.78, 5) is 21.4. The number of benzene rings is 1. The standard InChI is InChI=1S/C25H31ClN6OS/c1-2-3-12-31-24(21-6-8-22(26)9-7-21)28-32(25(31)34)13-10-23(33)30-16-14-29(15-17-30)19-20-5-4-11-27-18-20/h4-9,11,18H,2-3,10,12-17,19H2,1H3. The number of hydrogen-bond acceptors (Lipinski definition) is 5. The number of carbonyl (C=O) groups is 1. The molecular formula is C25H31ClN6OS. The van der Waals surface area contributed by atoms with Crippen LogP contribution in [-0.2, 0) is 24.4 Å². The molecule has 0 atom stereocenters.